The summed E-state index contributed by atoms with van der Waals surface area (Å²) in [4.78, 5) is 23.1. The molecule has 0 bridgehead atoms. The van der Waals surface area contributed by atoms with Crippen molar-refractivity contribution < 1.29 is 17.9 Å². The molecule has 34 heavy (non-hydrogen) atoms. The Morgan fingerprint density at radius 3 is 2.41 bits per heavy atom. The van der Waals surface area contributed by atoms with Crippen LogP contribution in [0.15, 0.2) is 72.0 Å². The molecule has 0 atom stereocenters. The Morgan fingerprint density at radius 2 is 1.71 bits per heavy atom. The number of benzene rings is 1. The largest absolute Gasteiger partial charge is 0.485 e. The third kappa shape index (κ3) is 5.96. The van der Waals surface area contributed by atoms with Gasteiger partial charge in [0.15, 0.2) is 11.6 Å². The predicted molar refractivity (Wildman–Crippen MR) is 128 cm³/mol. The zero-order chi connectivity index (χ0) is 24.0. The summed E-state index contributed by atoms with van der Waals surface area (Å²) in [5.74, 6) is 0.589. The van der Waals surface area contributed by atoms with Crippen LogP contribution in [-0.4, -0.2) is 66.2 Å². The summed E-state index contributed by atoms with van der Waals surface area (Å²) in [7, 11) is -3.54. The number of hydrogen-bond acceptors (Lipinski definition) is 7. The molecule has 1 aliphatic rings. The van der Waals surface area contributed by atoms with Gasteiger partial charge in [0.2, 0.25) is 15.9 Å². The smallest absolute Gasteiger partial charge is 0.243 e. The minimum atomic E-state index is -3.54. The maximum atomic E-state index is 12.9. The van der Waals surface area contributed by atoms with Crippen LogP contribution in [0.2, 0.25) is 0 Å². The van der Waals surface area contributed by atoms with Gasteiger partial charge in [-0.15, -0.1) is 0 Å². The summed E-state index contributed by atoms with van der Waals surface area (Å²) in [6.45, 7) is 3.97. The van der Waals surface area contributed by atoms with Crippen LogP contribution in [0, 0.1) is 6.92 Å². The van der Waals surface area contributed by atoms with Crippen LogP contribution in [-0.2, 0) is 21.4 Å². The first-order valence-electron chi connectivity index (χ1n) is 11.0. The highest BCUT2D eigenvalue weighted by atomic mass is 32.2. The van der Waals surface area contributed by atoms with E-state index < -0.39 is 10.0 Å². The van der Waals surface area contributed by atoms with Gasteiger partial charge in [-0.1, -0.05) is 17.7 Å². The number of nitrogens with one attached hydrogen (secondary N) is 1. The summed E-state index contributed by atoms with van der Waals surface area (Å²) >= 11 is 0. The highest BCUT2D eigenvalue weighted by molar-refractivity contribution is 7.89. The van der Waals surface area contributed by atoms with Gasteiger partial charge in [-0.05, 0) is 48.9 Å². The van der Waals surface area contributed by atoms with Gasteiger partial charge < -0.3 is 10.1 Å². The molecule has 10 heteroatoms. The topological polar surface area (TPSA) is 105 Å². The number of nitrogens with zero attached hydrogens (tertiary/aromatic N) is 4. The third-order valence-corrected chi connectivity index (χ3v) is 7.44. The molecule has 0 radical (unpaired) electrons. The van der Waals surface area contributed by atoms with Crippen molar-refractivity contribution in [3.05, 3.63) is 78.2 Å². The Morgan fingerprint density at radius 1 is 1.00 bits per heavy atom. The SMILES string of the molecule is Cc1ccc(S(=O)(=O)N2CCN(CC(=O)Nc3ncccc3OCc3ccncc3)CC2)cc1. The van der Waals surface area contributed by atoms with Crippen LogP contribution in [0.1, 0.15) is 11.1 Å². The van der Waals surface area contributed by atoms with Gasteiger partial charge in [0.25, 0.3) is 0 Å². The predicted octanol–water partition coefficient (Wildman–Crippen LogP) is 2.31. The molecular formula is C24H27N5O4S. The number of amides is 1. The number of pyridine rings is 2. The Hall–Kier alpha value is -3.34. The van der Waals surface area contributed by atoms with Gasteiger partial charge in [0, 0.05) is 44.8 Å². The number of ether oxygens (including phenoxy) is 1. The zero-order valence-corrected chi connectivity index (χ0v) is 19.7. The third-order valence-electron chi connectivity index (χ3n) is 5.53. The number of carbonyl (C=O) groups is 1. The molecule has 2 aromatic heterocycles. The number of sulfonamides is 1. The summed E-state index contributed by atoms with van der Waals surface area (Å²) in [5.41, 5.74) is 1.96. The Kier molecular flexibility index (Phi) is 7.51. The average molecular weight is 482 g/mol. The number of hydrogen-bond donors (Lipinski definition) is 1. The van der Waals surface area contributed by atoms with E-state index in [0.29, 0.717) is 49.2 Å². The lowest BCUT2D eigenvalue weighted by Crippen LogP contribution is -2.50. The second-order valence-electron chi connectivity index (χ2n) is 8.04. The molecule has 0 unspecified atom stereocenters. The highest BCUT2D eigenvalue weighted by Crippen LogP contribution is 2.22. The lowest BCUT2D eigenvalue weighted by molar-refractivity contribution is -0.117. The Balaban J connectivity index is 1.30. The van der Waals surface area contributed by atoms with Crippen molar-refractivity contribution >= 4 is 21.7 Å². The van der Waals surface area contributed by atoms with Crippen molar-refractivity contribution in [2.24, 2.45) is 0 Å². The van der Waals surface area contributed by atoms with Gasteiger partial charge in [-0.3, -0.25) is 14.7 Å². The van der Waals surface area contributed by atoms with Gasteiger partial charge >= 0.3 is 0 Å². The van der Waals surface area contributed by atoms with E-state index in [1.165, 1.54) is 4.31 Å². The maximum absolute atomic E-state index is 12.9. The first kappa shape index (κ1) is 23.8. The fourth-order valence-corrected chi connectivity index (χ4v) is 5.03. The van der Waals surface area contributed by atoms with E-state index >= 15 is 0 Å². The van der Waals surface area contributed by atoms with E-state index in [1.54, 1.807) is 55.0 Å². The van der Waals surface area contributed by atoms with Gasteiger partial charge in [0.05, 0.1) is 11.4 Å². The van der Waals surface area contributed by atoms with Gasteiger partial charge in [0.1, 0.15) is 6.61 Å². The molecule has 1 amide bonds. The lowest BCUT2D eigenvalue weighted by atomic mass is 10.2. The zero-order valence-electron chi connectivity index (χ0n) is 18.9. The van der Waals surface area contributed by atoms with Crippen LogP contribution in [0.5, 0.6) is 5.75 Å². The van der Waals surface area contributed by atoms with E-state index in [9.17, 15) is 13.2 Å². The highest BCUT2D eigenvalue weighted by Gasteiger charge is 2.29. The molecule has 0 spiro atoms. The molecule has 1 fully saturated rings. The van der Waals surface area contributed by atoms with Crippen LogP contribution >= 0.6 is 0 Å². The Bertz CT molecular complexity index is 1210. The van der Waals surface area contributed by atoms with Crippen molar-refractivity contribution in [3.8, 4) is 5.75 Å². The van der Waals surface area contributed by atoms with Crippen LogP contribution in [0.3, 0.4) is 0 Å². The molecule has 1 aromatic carbocycles. The van der Waals surface area contributed by atoms with E-state index in [2.05, 4.69) is 15.3 Å². The number of aromatic nitrogens is 2. The summed E-state index contributed by atoms with van der Waals surface area (Å²) < 4.78 is 33.0. The van der Waals surface area contributed by atoms with E-state index in [-0.39, 0.29) is 12.5 Å². The maximum Gasteiger partial charge on any atom is 0.243 e. The monoisotopic (exact) mass is 481 g/mol. The first-order valence-corrected chi connectivity index (χ1v) is 12.4. The molecule has 0 aliphatic carbocycles. The van der Waals surface area contributed by atoms with E-state index in [4.69, 9.17) is 4.74 Å². The quantitative estimate of drug-likeness (QED) is 0.526. The summed E-state index contributed by atoms with van der Waals surface area (Å²) in [5, 5.41) is 2.81. The van der Waals surface area contributed by atoms with Crippen molar-refractivity contribution in [1.82, 2.24) is 19.2 Å². The molecule has 1 aliphatic heterocycles. The molecule has 4 rings (SSSR count). The van der Waals surface area contributed by atoms with Crippen LogP contribution in [0.4, 0.5) is 5.82 Å². The molecule has 178 valence electrons. The molecule has 1 N–H and O–H groups in total. The van der Waals surface area contributed by atoms with Gasteiger partial charge in [-0.25, -0.2) is 13.4 Å². The van der Waals surface area contributed by atoms with Crippen molar-refractivity contribution in [2.45, 2.75) is 18.4 Å². The fraction of sp³-hybridized carbons (Fsp3) is 0.292. The number of carbonyl (C=O) groups excluding carboxylic acids is 1. The van der Waals surface area contributed by atoms with Crippen LogP contribution in [0.25, 0.3) is 0 Å². The second kappa shape index (κ2) is 10.7. The second-order valence-corrected chi connectivity index (χ2v) is 9.97. The van der Waals surface area contributed by atoms with Crippen molar-refractivity contribution in [3.63, 3.8) is 0 Å². The number of anilines is 1. The molecule has 9 nitrogen and oxygen atoms in total. The molecule has 0 saturated carbocycles. The summed E-state index contributed by atoms with van der Waals surface area (Å²) in [6, 6.07) is 14.0. The molecule has 3 heterocycles. The summed E-state index contributed by atoms with van der Waals surface area (Å²) in [6.07, 6.45) is 4.97. The number of rotatable bonds is 8. The van der Waals surface area contributed by atoms with E-state index in [0.717, 1.165) is 11.1 Å². The number of aryl methyl sites for hydroxylation is 1. The fourth-order valence-electron chi connectivity index (χ4n) is 3.60. The molecular weight excluding hydrogens is 454 g/mol. The minimum absolute atomic E-state index is 0.138. The minimum Gasteiger partial charge on any atom is -0.485 e. The Labute approximate surface area is 199 Å². The number of piperazine rings is 1. The van der Waals surface area contributed by atoms with E-state index in [1.807, 2.05) is 24.0 Å². The van der Waals surface area contributed by atoms with Crippen LogP contribution < -0.4 is 10.1 Å². The van der Waals surface area contributed by atoms with Crippen molar-refractivity contribution in [2.75, 3.05) is 38.0 Å². The standard InChI is InChI=1S/C24H27N5O4S/c1-19-4-6-21(7-5-19)34(31,32)29-15-13-28(14-16-29)17-23(30)27-24-22(3-2-10-26-24)33-18-20-8-11-25-12-9-20/h2-12H,13-18H2,1H3,(H,26,27,30). The normalized spacial score (nSPS) is 15.1. The first-order chi connectivity index (χ1) is 16.4. The van der Waals surface area contributed by atoms with Crippen molar-refractivity contribution in [1.29, 1.82) is 0 Å². The average Bonchev–Trinajstić information content (AvgIpc) is 2.85. The molecule has 1 saturated heterocycles. The molecule has 3 aromatic rings. The lowest BCUT2D eigenvalue weighted by Gasteiger charge is -2.33. The van der Waals surface area contributed by atoms with Gasteiger partial charge in [-0.2, -0.15) is 4.31 Å².